The fourth-order valence-electron chi connectivity index (χ4n) is 2.76. The van der Waals surface area contributed by atoms with E-state index in [1.54, 1.807) is 24.3 Å². The van der Waals surface area contributed by atoms with E-state index in [0.717, 1.165) is 10.0 Å². The Bertz CT molecular complexity index is 882. The van der Waals surface area contributed by atoms with Gasteiger partial charge in [-0.2, -0.15) is 0 Å². The van der Waals surface area contributed by atoms with E-state index in [9.17, 15) is 9.59 Å². The molecule has 0 aliphatic carbocycles. The third-order valence-electron chi connectivity index (χ3n) is 4.04. The largest absolute Gasteiger partial charge is 0.490 e. The SMILES string of the molecule is CC(C)Oc1cc(Br)ccc1C(=O)NC(C)c1ccc2c(c1)NC(=O)CO2. The summed E-state index contributed by atoms with van der Waals surface area (Å²) in [5.74, 6) is 0.720. The second-order valence-corrected chi connectivity index (χ2v) is 7.51. The Kier molecular flexibility index (Phi) is 5.70. The first kappa shape index (κ1) is 19.2. The molecule has 7 heteroatoms. The quantitative estimate of drug-likeness (QED) is 0.746. The molecule has 0 bridgehead atoms. The van der Waals surface area contributed by atoms with Crippen LogP contribution in [0.25, 0.3) is 0 Å². The number of nitrogens with one attached hydrogen (secondary N) is 2. The Hall–Kier alpha value is -2.54. The topological polar surface area (TPSA) is 76.7 Å². The van der Waals surface area contributed by atoms with Gasteiger partial charge in [-0.3, -0.25) is 9.59 Å². The Morgan fingerprint density at radius 3 is 2.74 bits per heavy atom. The summed E-state index contributed by atoms with van der Waals surface area (Å²) in [6, 6.07) is 10.5. The van der Waals surface area contributed by atoms with Crippen LogP contribution in [0.3, 0.4) is 0 Å². The van der Waals surface area contributed by atoms with Crippen molar-refractivity contribution in [3.63, 3.8) is 0 Å². The maximum Gasteiger partial charge on any atom is 0.262 e. The molecule has 3 rings (SSSR count). The van der Waals surface area contributed by atoms with Gasteiger partial charge in [-0.25, -0.2) is 0 Å². The number of carbonyl (C=O) groups is 2. The molecular formula is C20H21BrN2O4. The van der Waals surface area contributed by atoms with Crippen molar-refractivity contribution in [2.24, 2.45) is 0 Å². The van der Waals surface area contributed by atoms with Crippen LogP contribution in [0.5, 0.6) is 11.5 Å². The standard InChI is InChI=1S/C20H21BrN2O4/c1-11(2)27-18-9-14(21)5-6-15(18)20(25)22-12(3)13-4-7-17-16(8-13)23-19(24)10-26-17/h4-9,11-12H,10H2,1-3H3,(H,22,25)(H,23,24). The van der Waals surface area contributed by atoms with E-state index in [1.165, 1.54) is 0 Å². The fourth-order valence-corrected chi connectivity index (χ4v) is 3.10. The van der Waals surface area contributed by atoms with Crippen LogP contribution in [-0.2, 0) is 4.79 Å². The van der Waals surface area contributed by atoms with E-state index in [4.69, 9.17) is 9.47 Å². The summed E-state index contributed by atoms with van der Waals surface area (Å²) in [5.41, 5.74) is 1.93. The van der Waals surface area contributed by atoms with Crippen LogP contribution in [0.1, 0.15) is 42.7 Å². The number of benzene rings is 2. The third kappa shape index (κ3) is 4.60. The van der Waals surface area contributed by atoms with E-state index < -0.39 is 0 Å². The van der Waals surface area contributed by atoms with Crippen molar-refractivity contribution < 1.29 is 19.1 Å². The molecule has 0 fully saturated rings. The number of anilines is 1. The Morgan fingerprint density at radius 1 is 1.22 bits per heavy atom. The molecule has 1 aliphatic rings. The van der Waals surface area contributed by atoms with Crippen molar-refractivity contribution in [3.8, 4) is 11.5 Å². The normalized spacial score (nSPS) is 14.0. The number of rotatable bonds is 5. The van der Waals surface area contributed by atoms with Gasteiger partial charge < -0.3 is 20.1 Å². The maximum absolute atomic E-state index is 12.8. The summed E-state index contributed by atoms with van der Waals surface area (Å²) in [4.78, 5) is 24.3. The van der Waals surface area contributed by atoms with Crippen LogP contribution < -0.4 is 20.1 Å². The molecule has 2 amide bonds. The minimum Gasteiger partial charge on any atom is -0.490 e. The van der Waals surface area contributed by atoms with Crippen molar-refractivity contribution >= 4 is 33.4 Å². The molecular weight excluding hydrogens is 412 g/mol. The second-order valence-electron chi connectivity index (χ2n) is 6.59. The number of fused-ring (bicyclic) bond motifs is 1. The van der Waals surface area contributed by atoms with Crippen molar-refractivity contribution in [1.29, 1.82) is 0 Å². The number of carbonyl (C=O) groups excluding carboxylic acids is 2. The molecule has 2 aromatic carbocycles. The van der Waals surface area contributed by atoms with Crippen molar-refractivity contribution in [2.75, 3.05) is 11.9 Å². The highest BCUT2D eigenvalue weighted by molar-refractivity contribution is 9.10. The summed E-state index contributed by atoms with van der Waals surface area (Å²) < 4.78 is 12.0. The molecule has 6 nitrogen and oxygen atoms in total. The molecule has 2 aromatic rings. The Morgan fingerprint density at radius 2 is 2.00 bits per heavy atom. The number of amides is 2. The lowest BCUT2D eigenvalue weighted by Crippen LogP contribution is -2.28. The number of hydrogen-bond acceptors (Lipinski definition) is 4. The molecule has 1 atom stereocenters. The first-order valence-corrected chi connectivity index (χ1v) is 9.46. The van der Waals surface area contributed by atoms with Crippen LogP contribution in [0, 0.1) is 0 Å². The molecule has 2 N–H and O–H groups in total. The molecule has 1 aliphatic heterocycles. The monoisotopic (exact) mass is 432 g/mol. The zero-order chi connectivity index (χ0) is 19.6. The van der Waals surface area contributed by atoms with Gasteiger partial charge in [0.25, 0.3) is 11.8 Å². The van der Waals surface area contributed by atoms with Crippen molar-refractivity contribution in [2.45, 2.75) is 32.9 Å². The summed E-state index contributed by atoms with van der Waals surface area (Å²) in [6.07, 6.45) is -0.0486. The van der Waals surface area contributed by atoms with Gasteiger partial charge in [0.1, 0.15) is 11.5 Å². The minimum absolute atomic E-state index is 0.0147. The van der Waals surface area contributed by atoms with E-state index in [2.05, 4.69) is 26.6 Å². The van der Waals surface area contributed by atoms with Crippen molar-refractivity contribution in [1.82, 2.24) is 5.32 Å². The first-order valence-electron chi connectivity index (χ1n) is 8.67. The zero-order valence-corrected chi connectivity index (χ0v) is 16.9. The maximum atomic E-state index is 12.8. The lowest BCUT2D eigenvalue weighted by molar-refractivity contribution is -0.118. The van der Waals surface area contributed by atoms with Gasteiger partial charge in [0.2, 0.25) is 0 Å². The van der Waals surface area contributed by atoms with Gasteiger partial charge in [0, 0.05) is 4.47 Å². The van der Waals surface area contributed by atoms with Gasteiger partial charge in [0.15, 0.2) is 6.61 Å². The number of hydrogen-bond donors (Lipinski definition) is 2. The average Bonchev–Trinajstić information content (AvgIpc) is 2.60. The fraction of sp³-hybridized carbons (Fsp3) is 0.300. The van der Waals surface area contributed by atoms with E-state index in [1.807, 2.05) is 32.9 Å². The minimum atomic E-state index is -0.267. The molecule has 1 unspecified atom stereocenters. The number of ether oxygens (including phenoxy) is 2. The van der Waals surface area contributed by atoms with E-state index >= 15 is 0 Å². The summed E-state index contributed by atoms with van der Waals surface area (Å²) in [5, 5.41) is 5.75. The predicted molar refractivity (Wildman–Crippen MR) is 106 cm³/mol. The van der Waals surface area contributed by atoms with Gasteiger partial charge >= 0.3 is 0 Å². The van der Waals surface area contributed by atoms with E-state index in [0.29, 0.717) is 22.7 Å². The Labute approximate surface area is 166 Å². The van der Waals surface area contributed by atoms with Gasteiger partial charge in [0.05, 0.1) is 23.4 Å². The summed E-state index contributed by atoms with van der Waals surface area (Å²) in [7, 11) is 0. The molecule has 0 aromatic heterocycles. The molecule has 0 radical (unpaired) electrons. The molecule has 27 heavy (non-hydrogen) atoms. The predicted octanol–water partition coefficient (Wildman–Crippen LogP) is 4.06. The highest BCUT2D eigenvalue weighted by Crippen LogP contribution is 2.31. The lowest BCUT2D eigenvalue weighted by atomic mass is 10.1. The second kappa shape index (κ2) is 8.00. The summed E-state index contributed by atoms with van der Waals surface area (Å²) in [6.45, 7) is 5.72. The molecule has 0 saturated carbocycles. The first-order chi connectivity index (χ1) is 12.8. The average molecular weight is 433 g/mol. The van der Waals surface area contributed by atoms with Crippen LogP contribution in [0.4, 0.5) is 5.69 Å². The van der Waals surface area contributed by atoms with Crippen LogP contribution in [0.15, 0.2) is 40.9 Å². The zero-order valence-electron chi connectivity index (χ0n) is 15.3. The van der Waals surface area contributed by atoms with Gasteiger partial charge in [-0.1, -0.05) is 22.0 Å². The van der Waals surface area contributed by atoms with Gasteiger partial charge in [-0.05, 0) is 56.7 Å². The lowest BCUT2D eigenvalue weighted by Gasteiger charge is -2.21. The number of halogens is 1. The van der Waals surface area contributed by atoms with Crippen LogP contribution >= 0.6 is 15.9 Å². The molecule has 0 saturated heterocycles. The van der Waals surface area contributed by atoms with Crippen molar-refractivity contribution in [3.05, 3.63) is 52.0 Å². The highest BCUT2D eigenvalue weighted by Gasteiger charge is 2.20. The third-order valence-corrected chi connectivity index (χ3v) is 4.53. The Balaban J connectivity index is 1.78. The van der Waals surface area contributed by atoms with Crippen LogP contribution in [-0.4, -0.2) is 24.5 Å². The smallest absolute Gasteiger partial charge is 0.262 e. The molecule has 1 heterocycles. The van der Waals surface area contributed by atoms with Crippen LogP contribution in [0.2, 0.25) is 0 Å². The molecule has 142 valence electrons. The van der Waals surface area contributed by atoms with Gasteiger partial charge in [-0.15, -0.1) is 0 Å². The van der Waals surface area contributed by atoms with E-state index in [-0.39, 0.29) is 30.6 Å². The summed E-state index contributed by atoms with van der Waals surface area (Å²) >= 11 is 3.40. The molecule has 0 spiro atoms. The highest BCUT2D eigenvalue weighted by atomic mass is 79.9.